The average Bonchev–Trinajstić information content (AvgIpc) is 3.23. The van der Waals surface area contributed by atoms with Crippen LogP contribution >= 0.6 is 11.3 Å². The fraction of sp³-hybridized carbons (Fsp3) is 0.389. The molecule has 7 heteroatoms. The van der Waals surface area contributed by atoms with Crippen molar-refractivity contribution in [3.05, 3.63) is 50.8 Å². The van der Waals surface area contributed by atoms with Gasteiger partial charge < -0.3 is 9.15 Å². The predicted molar refractivity (Wildman–Crippen MR) is 96.5 cm³/mol. The fourth-order valence-corrected chi connectivity index (χ4v) is 3.64. The molecule has 3 aromatic rings. The van der Waals surface area contributed by atoms with Crippen LogP contribution in [0.1, 0.15) is 53.7 Å². The van der Waals surface area contributed by atoms with E-state index in [1.54, 1.807) is 28.0 Å². The van der Waals surface area contributed by atoms with Crippen LogP contribution in [-0.4, -0.2) is 22.6 Å². The Bertz CT molecular complexity index is 981. The molecule has 132 valence electrons. The smallest absolute Gasteiger partial charge is 0.373 e. The van der Waals surface area contributed by atoms with E-state index in [0.29, 0.717) is 17.0 Å². The fourth-order valence-electron chi connectivity index (χ4n) is 2.68. The van der Waals surface area contributed by atoms with Crippen LogP contribution in [0.2, 0.25) is 0 Å². The van der Waals surface area contributed by atoms with Crippen molar-refractivity contribution in [2.75, 3.05) is 7.11 Å². The molecule has 0 aliphatic heterocycles. The monoisotopic (exact) mass is 360 g/mol. The number of aryl methyl sites for hydroxylation is 1. The molecule has 0 amide bonds. The molecule has 0 fully saturated rings. The van der Waals surface area contributed by atoms with Gasteiger partial charge in [0.1, 0.15) is 16.4 Å². The van der Waals surface area contributed by atoms with Gasteiger partial charge in [-0.3, -0.25) is 9.36 Å². The van der Waals surface area contributed by atoms with Crippen LogP contribution in [0.3, 0.4) is 0 Å². The van der Waals surface area contributed by atoms with E-state index >= 15 is 0 Å². The standard InChI is InChI=1S/C18H20N2O4S/c1-5-12-8-13-16(25-12)19-15(10(2)3)20(17(13)21)9-11-6-7-14(24-11)18(22)23-4/h6-8,10H,5,9H2,1-4H3. The molecule has 3 rings (SSSR count). The number of hydrogen-bond acceptors (Lipinski definition) is 6. The van der Waals surface area contributed by atoms with E-state index in [4.69, 9.17) is 9.40 Å². The summed E-state index contributed by atoms with van der Waals surface area (Å²) in [7, 11) is 1.30. The zero-order valence-corrected chi connectivity index (χ0v) is 15.5. The second kappa shape index (κ2) is 6.84. The largest absolute Gasteiger partial charge is 0.463 e. The maximum absolute atomic E-state index is 13.0. The van der Waals surface area contributed by atoms with Gasteiger partial charge in [0.15, 0.2) is 0 Å². The highest BCUT2D eigenvalue weighted by molar-refractivity contribution is 7.18. The summed E-state index contributed by atoms with van der Waals surface area (Å²) in [5, 5.41) is 0.631. The molecule has 0 aliphatic rings. The Labute approximate surface area is 149 Å². The number of carbonyl (C=O) groups is 1. The Balaban J connectivity index is 2.09. The highest BCUT2D eigenvalue weighted by Crippen LogP contribution is 2.24. The van der Waals surface area contributed by atoms with Crippen LogP contribution in [0.5, 0.6) is 0 Å². The number of thiophene rings is 1. The lowest BCUT2D eigenvalue weighted by atomic mass is 10.2. The van der Waals surface area contributed by atoms with Gasteiger partial charge in [-0.2, -0.15) is 0 Å². The molecule has 0 saturated heterocycles. The first-order valence-electron chi connectivity index (χ1n) is 8.14. The number of methoxy groups -OCH3 is 1. The molecule has 0 unspecified atom stereocenters. The van der Waals surface area contributed by atoms with E-state index in [-0.39, 0.29) is 23.8 Å². The molecular formula is C18H20N2O4S. The van der Waals surface area contributed by atoms with Crippen LogP contribution in [0.25, 0.3) is 10.2 Å². The molecule has 0 bridgehead atoms. The lowest BCUT2D eigenvalue weighted by Gasteiger charge is -2.13. The molecule has 25 heavy (non-hydrogen) atoms. The minimum Gasteiger partial charge on any atom is -0.463 e. The Kier molecular flexibility index (Phi) is 4.76. The van der Waals surface area contributed by atoms with E-state index in [2.05, 4.69) is 11.7 Å². The molecule has 0 N–H and O–H groups in total. The first-order chi connectivity index (χ1) is 11.9. The van der Waals surface area contributed by atoms with Crippen molar-refractivity contribution in [1.29, 1.82) is 0 Å². The first-order valence-corrected chi connectivity index (χ1v) is 8.96. The molecule has 3 aromatic heterocycles. The van der Waals surface area contributed by atoms with Gasteiger partial charge in [0, 0.05) is 10.8 Å². The summed E-state index contributed by atoms with van der Waals surface area (Å²) < 4.78 is 11.8. The second-order valence-electron chi connectivity index (χ2n) is 6.06. The van der Waals surface area contributed by atoms with Crippen molar-refractivity contribution in [2.24, 2.45) is 0 Å². The zero-order chi connectivity index (χ0) is 18.1. The SMILES string of the molecule is CCc1cc2c(=O)n(Cc3ccc(C(=O)OC)o3)c(C(C)C)nc2s1. The van der Waals surface area contributed by atoms with Gasteiger partial charge in [-0.25, -0.2) is 9.78 Å². The van der Waals surface area contributed by atoms with Crippen molar-refractivity contribution >= 4 is 27.5 Å². The summed E-state index contributed by atoms with van der Waals surface area (Å²) in [4.78, 5) is 31.1. The molecule has 3 heterocycles. The molecule has 0 aliphatic carbocycles. The van der Waals surface area contributed by atoms with Crippen LogP contribution in [0.4, 0.5) is 0 Å². The Morgan fingerprint density at radius 1 is 1.40 bits per heavy atom. The van der Waals surface area contributed by atoms with E-state index in [1.807, 2.05) is 19.9 Å². The van der Waals surface area contributed by atoms with E-state index in [0.717, 1.165) is 16.1 Å². The first kappa shape index (κ1) is 17.4. The Morgan fingerprint density at radius 3 is 2.80 bits per heavy atom. The number of carbonyl (C=O) groups excluding carboxylic acids is 1. The van der Waals surface area contributed by atoms with E-state index in [1.165, 1.54) is 7.11 Å². The normalized spacial score (nSPS) is 11.4. The van der Waals surface area contributed by atoms with Crippen LogP contribution in [0.15, 0.2) is 27.4 Å². The lowest BCUT2D eigenvalue weighted by molar-refractivity contribution is 0.0563. The van der Waals surface area contributed by atoms with Crippen molar-refractivity contribution in [3.8, 4) is 0 Å². The molecular weight excluding hydrogens is 340 g/mol. The topological polar surface area (TPSA) is 74.3 Å². The van der Waals surface area contributed by atoms with Crippen LogP contribution in [0, 0.1) is 0 Å². The summed E-state index contributed by atoms with van der Waals surface area (Å²) in [5.41, 5.74) is -0.0827. The predicted octanol–water partition coefficient (Wildman–Crippen LogP) is 3.57. The number of fused-ring (bicyclic) bond motifs is 1. The summed E-state index contributed by atoms with van der Waals surface area (Å²) in [6.07, 6.45) is 0.873. The molecule has 0 radical (unpaired) electrons. The van der Waals surface area contributed by atoms with Crippen molar-refractivity contribution in [2.45, 2.75) is 39.7 Å². The summed E-state index contributed by atoms with van der Waals surface area (Å²) in [5.74, 6) is 0.880. The van der Waals surface area contributed by atoms with Gasteiger partial charge in [0.2, 0.25) is 5.76 Å². The molecule has 0 saturated carbocycles. The van der Waals surface area contributed by atoms with Gasteiger partial charge in [-0.15, -0.1) is 11.3 Å². The summed E-state index contributed by atoms with van der Waals surface area (Å²) >= 11 is 1.56. The lowest BCUT2D eigenvalue weighted by Crippen LogP contribution is -2.26. The third-order valence-electron chi connectivity index (χ3n) is 3.96. The number of ether oxygens (including phenoxy) is 1. The maximum atomic E-state index is 13.0. The third-order valence-corrected chi connectivity index (χ3v) is 5.13. The van der Waals surface area contributed by atoms with Gasteiger partial charge >= 0.3 is 5.97 Å². The molecule has 0 spiro atoms. The molecule has 6 nitrogen and oxygen atoms in total. The minimum absolute atomic E-state index is 0.0827. The second-order valence-corrected chi connectivity index (χ2v) is 7.17. The number of nitrogens with zero attached hydrogens (tertiary/aromatic N) is 2. The highest BCUT2D eigenvalue weighted by Gasteiger charge is 2.18. The third kappa shape index (κ3) is 3.24. The number of aromatic nitrogens is 2. The summed E-state index contributed by atoms with van der Waals surface area (Å²) in [6.45, 7) is 6.29. The average molecular weight is 360 g/mol. The van der Waals surface area contributed by atoms with Gasteiger partial charge in [0.05, 0.1) is 19.0 Å². The maximum Gasteiger partial charge on any atom is 0.373 e. The van der Waals surface area contributed by atoms with E-state index in [9.17, 15) is 9.59 Å². The number of esters is 1. The summed E-state index contributed by atoms with van der Waals surface area (Å²) in [6, 6.07) is 5.14. The Hall–Kier alpha value is -2.41. The number of rotatable bonds is 5. The van der Waals surface area contributed by atoms with Gasteiger partial charge in [-0.1, -0.05) is 20.8 Å². The number of furan rings is 1. The zero-order valence-electron chi connectivity index (χ0n) is 14.7. The van der Waals surface area contributed by atoms with Gasteiger partial charge in [-0.05, 0) is 24.6 Å². The van der Waals surface area contributed by atoms with Crippen molar-refractivity contribution < 1.29 is 13.9 Å². The number of hydrogen-bond donors (Lipinski definition) is 0. The highest BCUT2D eigenvalue weighted by atomic mass is 32.1. The van der Waals surface area contributed by atoms with Crippen molar-refractivity contribution in [3.63, 3.8) is 0 Å². The quantitative estimate of drug-likeness (QED) is 0.650. The molecule has 0 atom stereocenters. The minimum atomic E-state index is -0.540. The molecule has 0 aromatic carbocycles. The van der Waals surface area contributed by atoms with Gasteiger partial charge in [0.25, 0.3) is 5.56 Å². The van der Waals surface area contributed by atoms with Crippen molar-refractivity contribution in [1.82, 2.24) is 9.55 Å². The van der Waals surface area contributed by atoms with Crippen LogP contribution in [-0.2, 0) is 17.7 Å². The van der Waals surface area contributed by atoms with E-state index < -0.39 is 5.97 Å². The Morgan fingerprint density at radius 2 is 2.16 bits per heavy atom. The van der Waals surface area contributed by atoms with Crippen LogP contribution < -0.4 is 5.56 Å².